The van der Waals surface area contributed by atoms with Crippen LogP contribution in [0.5, 0.6) is 0 Å². The molecule has 4 rings (SSSR count). The van der Waals surface area contributed by atoms with Gasteiger partial charge in [-0.2, -0.15) is 0 Å². The molecule has 3 aliphatic rings. The Morgan fingerprint density at radius 2 is 1.72 bits per heavy atom. The Kier molecular flexibility index (Phi) is 14.5. The molecule has 4 N–H and O–H groups in total. The second-order valence-corrected chi connectivity index (χ2v) is 15.7. The number of hydrogen-bond donors (Lipinski definition) is 4. The van der Waals surface area contributed by atoms with Gasteiger partial charge in [-0.15, -0.1) is 12.3 Å². The number of carbonyl (C=O) groups is 2. The van der Waals surface area contributed by atoms with Crippen LogP contribution in [0.4, 0.5) is 0 Å². The van der Waals surface area contributed by atoms with E-state index in [-0.39, 0.29) is 25.3 Å². The monoisotopic (exact) mass is 674 g/mol. The molecule has 2 amide bonds. The number of sulfonamides is 1. The number of rotatable bonds is 18. The molecule has 0 bridgehead atoms. The first kappa shape index (κ1) is 37.3. The number of nitrogens with one attached hydrogen (secondary N) is 2. The average molecular weight is 675 g/mol. The van der Waals surface area contributed by atoms with E-state index in [0.29, 0.717) is 32.1 Å². The van der Waals surface area contributed by atoms with E-state index in [0.717, 1.165) is 57.2 Å². The van der Waals surface area contributed by atoms with Crippen molar-refractivity contribution in [2.75, 3.05) is 52.2 Å². The minimum Gasteiger partial charge on any atom is -0.390 e. The SMILES string of the molecule is C#CC[C@H](NC(=O)[C@H](Cc1ccccc1)CS(=O)(=O)N(C)CCN1CCOCC1)C(=O)N[C@@H](CC1CCCCC1)[C@@H](O)[C@@H](O)C1CC1. The van der Waals surface area contributed by atoms with Gasteiger partial charge in [-0.25, -0.2) is 12.7 Å². The third kappa shape index (κ3) is 11.8. The predicted molar refractivity (Wildman–Crippen MR) is 181 cm³/mol. The molecular weight excluding hydrogens is 620 g/mol. The van der Waals surface area contributed by atoms with Crippen molar-refractivity contribution in [3.05, 3.63) is 35.9 Å². The first-order valence-corrected chi connectivity index (χ1v) is 18.9. The quantitative estimate of drug-likeness (QED) is 0.172. The van der Waals surface area contributed by atoms with Crippen molar-refractivity contribution in [2.24, 2.45) is 17.8 Å². The molecule has 0 radical (unpaired) electrons. The Labute approximate surface area is 280 Å². The second-order valence-electron chi connectivity index (χ2n) is 13.6. The van der Waals surface area contributed by atoms with Crippen LogP contribution in [0.15, 0.2) is 30.3 Å². The Balaban J connectivity index is 1.45. The number of terminal acetylenes is 1. The first-order chi connectivity index (χ1) is 22.6. The van der Waals surface area contributed by atoms with Crippen molar-refractivity contribution in [2.45, 2.75) is 88.5 Å². The number of carbonyl (C=O) groups excluding carboxylic acids is 2. The zero-order valence-corrected chi connectivity index (χ0v) is 28.6. The molecule has 262 valence electrons. The van der Waals surface area contributed by atoms with Gasteiger partial charge in [0.15, 0.2) is 0 Å². The number of morpholine rings is 1. The normalized spacial score (nSPS) is 21.3. The topological polar surface area (TPSA) is 149 Å². The minimum atomic E-state index is -3.84. The highest BCUT2D eigenvalue weighted by Gasteiger charge is 2.40. The van der Waals surface area contributed by atoms with Gasteiger partial charge in [-0.05, 0) is 43.1 Å². The fraction of sp³-hybridized carbons (Fsp3) is 0.714. The highest BCUT2D eigenvalue weighted by Crippen LogP contribution is 2.36. The maximum Gasteiger partial charge on any atom is 0.243 e. The smallest absolute Gasteiger partial charge is 0.243 e. The summed E-state index contributed by atoms with van der Waals surface area (Å²) < 4.78 is 33.7. The number of ether oxygens (including phenoxy) is 1. The lowest BCUT2D eigenvalue weighted by Gasteiger charge is -2.33. The lowest BCUT2D eigenvalue weighted by Crippen LogP contribution is -2.56. The Hall–Kier alpha value is -2.53. The van der Waals surface area contributed by atoms with Crippen LogP contribution in [0.1, 0.15) is 63.4 Å². The number of aliphatic hydroxyl groups is 2. The number of benzene rings is 1. The molecule has 0 unspecified atom stereocenters. The van der Waals surface area contributed by atoms with Crippen LogP contribution in [-0.2, 0) is 30.8 Å². The fourth-order valence-corrected chi connectivity index (χ4v) is 8.07. The van der Waals surface area contributed by atoms with Gasteiger partial charge in [0, 0.05) is 39.6 Å². The molecule has 1 aromatic carbocycles. The molecule has 0 aromatic heterocycles. The molecule has 5 atom stereocenters. The predicted octanol–water partition coefficient (Wildman–Crippen LogP) is 1.53. The lowest BCUT2D eigenvalue weighted by atomic mass is 9.82. The highest BCUT2D eigenvalue weighted by atomic mass is 32.2. The number of likely N-dealkylation sites (N-methyl/N-ethyl adjacent to an activating group) is 1. The average Bonchev–Trinajstić information content (AvgIpc) is 3.93. The van der Waals surface area contributed by atoms with Crippen molar-refractivity contribution >= 4 is 21.8 Å². The van der Waals surface area contributed by atoms with Crippen molar-refractivity contribution in [1.29, 1.82) is 0 Å². The van der Waals surface area contributed by atoms with Gasteiger partial charge in [0.05, 0.1) is 37.0 Å². The Bertz CT molecular complexity index is 1270. The van der Waals surface area contributed by atoms with E-state index in [4.69, 9.17) is 11.2 Å². The van der Waals surface area contributed by atoms with Crippen LogP contribution in [-0.4, -0.2) is 116 Å². The third-order valence-corrected chi connectivity index (χ3v) is 11.8. The van der Waals surface area contributed by atoms with E-state index in [1.54, 1.807) is 0 Å². The number of amides is 2. The van der Waals surface area contributed by atoms with Gasteiger partial charge in [0.2, 0.25) is 21.8 Å². The van der Waals surface area contributed by atoms with Crippen LogP contribution in [0.25, 0.3) is 0 Å². The van der Waals surface area contributed by atoms with E-state index >= 15 is 0 Å². The molecule has 1 aliphatic heterocycles. The molecule has 1 aromatic rings. The summed E-state index contributed by atoms with van der Waals surface area (Å²) in [4.78, 5) is 29.7. The second kappa shape index (κ2) is 18.3. The van der Waals surface area contributed by atoms with Crippen LogP contribution in [0.3, 0.4) is 0 Å². The summed E-state index contributed by atoms with van der Waals surface area (Å²) in [6.45, 7) is 3.55. The van der Waals surface area contributed by atoms with Crippen molar-refractivity contribution in [1.82, 2.24) is 19.8 Å². The van der Waals surface area contributed by atoms with Gasteiger partial charge < -0.3 is 25.6 Å². The van der Waals surface area contributed by atoms with E-state index in [1.165, 1.54) is 17.8 Å². The first-order valence-electron chi connectivity index (χ1n) is 17.3. The van der Waals surface area contributed by atoms with Crippen LogP contribution in [0.2, 0.25) is 0 Å². The molecule has 11 nitrogen and oxygen atoms in total. The van der Waals surface area contributed by atoms with Gasteiger partial charge in [0.1, 0.15) is 12.1 Å². The molecule has 2 saturated carbocycles. The lowest BCUT2D eigenvalue weighted by molar-refractivity contribution is -0.132. The fourth-order valence-electron chi connectivity index (χ4n) is 6.67. The zero-order valence-electron chi connectivity index (χ0n) is 27.8. The molecule has 1 heterocycles. The minimum absolute atomic E-state index is 0.0182. The maximum atomic E-state index is 13.8. The molecule has 0 spiro atoms. The van der Waals surface area contributed by atoms with E-state index in [1.807, 2.05) is 30.3 Å². The molecule has 1 saturated heterocycles. The Morgan fingerprint density at radius 1 is 1.04 bits per heavy atom. The van der Waals surface area contributed by atoms with Crippen LogP contribution < -0.4 is 10.6 Å². The maximum absolute atomic E-state index is 13.8. The summed E-state index contributed by atoms with van der Waals surface area (Å²) in [5, 5.41) is 27.6. The number of hydrogen-bond acceptors (Lipinski definition) is 8. The van der Waals surface area contributed by atoms with Crippen molar-refractivity contribution < 1.29 is 33.0 Å². The van der Waals surface area contributed by atoms with E-state index in [9.17, 15) is 28.2 Å². The third-order valence-electron chi connectivity index (χ3n) is 9.88. The molecule has 3 fully saturated rings. The van der Waals surface area contributed by atoms with Gasteiger partial charge in [0.25, 0.3) is 0 Å². The molecule has 2 aliphatic carbocycles. The summed E-state index contributed by atoms with van der Waals surface area (Å²) >= 11 is 0. The van der Waals surface area contributed by atoms with Crippen molar-refractivity contribution in [3.63, 3.8) is 0 Å². The van der Waals surface area contributed by atoms with Crippen LogP contribution >= 0.6 is 0 Å². The molecular formula is C35H54N4O7S. The summed E-state index contributed by atoms with van der Waals surface area (Å²) in [5.41, 5.74) is 0.793. The molecule has 47 heavy (non-hydrogen) atoms. The standard InChI is InChI=1S/C35H54N4O7S/c1-3-10-30(35(43)37-31(24-27-13-8-5-9-14-27)33(41)32(40)28-15-16-28)36-34(42)29(23-26-11-6-4-7-12-26)25-47(44,45)38(2)17-18-39-19-21-46-22-20-39/h1,4,6-7,11-12,27-33,40-41H,5,8-10,13-25H2,2H3,(H,36,42)(H,37,43)/t29-,30+,31+,32+,33-/m1/s1. The van der Waals surface area contributed by atoms with E-state index < -0.39 is 57.8 Å². The highest BCUT2D eigenvalue weighted by molar-refractivity contribution is 7.89. The van der Waals surface area contributed by atoms with E-state index in [2.05, 4.69) is 21.5 Å². The number of nitrogens with zero attached hydrogens (tertiary/aromatic N) is 2. The summed E-state index contributed by atoms with van der Waals surface area (Å²) in [5.74, 6) is 0.239. The molecule has 12 heteroatoms. The van der Waals surface area contributed by atoms with Gasteiger partial charge >= 0.3 is 0 Å². The Morgan fingerprint density at radius 3 is 2.36 bits per heavy atom. The largest absolute Gasteiger partial charge is 0.390 e. The van der Waals surface area contributed by atoms with Crippen LogP contribution in [0, 0.1) is 30.1 Å². The van der Waals surface area contributed by atoms with Gasteiger partial charge in [-0.3, -0.25) is 14.5 Å². The van der Waals surface area contributed by atoms with Gasteiger partial charge in [-0.1, -0.05) is 62.4 Å². The van der Waals surface area contributed by atoms with Crippen molar-refractivity contribution in [3.8, 4) is 12.3 Å². The number of aliphatic hydroxyl groups excluding tert-OH is 2. The summed E-state index contributed by atoms with van der Waals surface area (Å²) in [6.07, 6.45) is 11.2. The summed E-state index contributed by atoms with van der Waals surface area (Å²) in [6, 6.07) is 7.35. The summed E-state index contributed by atoms with van der Waals surface area (Å²) in [7, 11) is -2.32. The zero-order chi connectivity index (χ0) is 33.8.